The molecule has 23 heavy (non-hydrogen) atoms. The van der Waals surface area contributed by atoms with Gasteiger partial charge in [0.2, 0.25) is 0 Å². The molecule has 1 aromatic carbocycles. The van der Waals surface area contributed by atoms with Crippen molar-refractivity contribution in [2.45, 2.75) is 48.8 Å². The first kappa shape index (κ1) is 16.4. The van der Waals surface area contributed by atoms with Gasteiger partial charge in [0, 0.05) is 6.26 Å². The molecule has 1 aromatic rings. The van der Waals surface area contributed by atoms with Crippen LogP contribution in [0.3, 0.4) is 0 Å². The van der Waals surface area contributed by atoms with Crippen LogP contribution in [0.15, 0.2) is 23.1 Å². The van der Waals surface area contributed by atoms with Crippen LogP contribution in [0.2, 0.25) is 0 Å². The highest BCUT2D eigenvalue weighted by Crippen LogP contribution is 2.60. The number of carbonyl (C=O) groups is 1. The molecule has 2 aliphatic carbocycles. The average Bonchev–Trinajstić information content (AvgIpc) is 3.23. The number of carboxylic acid groups (broad SMARTS) is 1. The van der Waals surface area contributed by atoms with Crippen molar-refractivity contribution >= 4 is 15.8 Å². The first-order valence-corrected chi connectivity index (χ1v) is 9.89. The molecule has 0 saturated heterocycles. The molecule has 2 atom stereocenters. The largest absolute Gasteiger partial charge is 0.481 e. The third-order valence-corrected chi connectivity index (χ3v) is 6.59. The molecule has 0 aromatic heterocycles. The SMILES string of the molecule is CS(=O)(=O)c1ccc(C2(C(=O)O)CC2C2CCCCC2)cc1F. The Morgan fingerprint density at radius 2 is 1.91 bits per heavy atom. The van der Waals surface area contributed by atoms with Crippen molar-refractivity contribution < 1.29 is 22.7 Å². The average molecular weight is 340 g/mol. The van der Waals surface area contributed by atoms with E-state index in [1.54, 1.807) is 0 Å². The van der Waals surface area contributed by atoms with Crippen LogP contribution in [0, 0.1) is 17.7 Å². The fourth-order valence-corrected chi connectivity index (χ4v) is 4.90. The van der Waals surface area contributed by atoms with Crippen LogP contribution >= 0.6 is 0 Å². The van der Waals surface area contributed by atoms with Crippen molar-refractivity contribution in [2.24, 2.45) is 11.8 Å². The van der Waals surface area contributed by atoms with E-state index in [2.05, 4.69) is 0 Å². The molecule has 0 bridgehead atoms. The summed E-state index contributed by atoms with van der Waals surface area (Å²) in [7, 11) is -3.65. The van der Waals surface area contributed by atoms with E-state index in [1.807, 2.05) is 0 Å². The van der Waals surface area contributed by atoms with Gasteiger partial charge in [-0.2, -0.15) is 0 Å². The van der Waals surface area contributed by atoms with Gasteiger partial charge in [-0.25, -0.2) is 12.8 Å². The second-order valence-electron chi connectivity index (χ2n) is 6.90. The number of carboxylic acids is 1. The Kier molecular flexibility index (Phi) is 3.99. The Hall–Kier alpha value is -1.43. The maximum absolute atomic E-state index is 14.2. The highest BCUT2D eigenvalue weighted by Gasteiger charge is 2.63. The minimum Gasteiger partial charge on any atom is -0.481 e. The van der Waals surface area contributed by atoms with Gasteiger partial charge in [-0.1, -0.05) is 38.2 Å². The summed E-state index contributed by atoms with van der Waals surface area (Å²) >= 11 is 0. The Morgan fingerprint density at radius 3 is 2.43 bits per heavy atom. The minimum absolute atomic E-state index is 0.0313. The molecular formula is C17H21FO4S. The number of aliphatic carboxylic acids is 1. The number of hydrogen-bond acceptors (Lipinski definition) is 3. The molecule has 3 rings (SSSR count). The van der Waals surface area contributed by atoms with E-state index >= 15 is 0 Å². The molecule has 1 N–H and O–H groups in total. The molecule has 6 heteroatoms. The lowest BCUT2D eigenvalue weighted by Gasteiger charge is -2.24. The Morgan fingerprint density at radius 1 is 1.26 bits per heavy atom. The maximum Gasteiger partial charge on any atom is 0.314 e. The molecule has 0 heterocycles. The number of sulfone groups is 1. The van der Waals surface area contributed by atoms with Crippen LogP contribution in [0.5, 0.6) is 0 Å². The van der Waals surface area contributed by atoms with E-state index in [4.69, 9.17) is 0 Å². The third-order valence-electron chi connectivity index (χ3n) is 5.46. The Balaban J connectivity index is 1.95. The number of rotatable bonds is 4. The lowest BCUT2D eigenvalue weighted by atomic mass is 9.80. The summed E-state index contributed by atoms with van der Waals surface area (Å²) in [6, 6.07) is 3.77. The summed E-state index contributed by atoms with van der Waals surface area (Å²) < 4.78 is 37.2. The van der Waals surface area contributed by atoms with E-state index in [-0.39, 0.29) is 10.8 Å². The molecule has 2 aliphatic rings. The smallest absolute Gasteiger partial charge is 0.314 e. The van der Waals surface area contributed by atoms with Gasteiger partial charge in [0.15, 0.2) is 9.84 Å². The Labute approximate surface area is 135 Å². The van der Waals surface area contributed by atoms with Crippen molar-refractivity contribution in [3.63, 3.8) is 0 Å². The van der Waals surface area contributed by atoms with Crippen molar-refractivity contribution in [2.75, 3.05) is 6.26 Å². The zero-order chi connectivity index (χ0) is 16.8. The minimum atomic E-state index is -3.65. The fourth-order valence-electron chi connectivity index (χ4n) is 4.17. The summed E-state index contributed by atoms with van der Waals surface area (Å²) in [5.74, 6) is -1.39. The van der Waals surface area contributed by atoms with Crippen LogP contribution in [0.25, 0.3) is 0 Å². The van der Waals surface area contributed by atoms with Gasteiger partial charge in [0.1, 0.15) is 10.7 Å². The van der Waals surface area contributed by atoms with E-state index in [0.29, 0.717) is 17.9 Å². The normalized spacial score (nSPS) is 28.5. The predicted molar refractivity (Wildman–Crippen MR) is 83.5 cm³/mol. The molecule has 0 spiro atoms. The number of hydrogen-bond donors (Lipinski definition) is 1. The van der Waals surface area contributed by atoms with Gasteiger partial charge in [-0.05, 0) is 36.0 Å². The molecule has 2 saturated carbocycles. The first-order chi connectivity index (χ1) is 10.8. The van der Waals surface area contributed by atoms with Crippen molar-refractivity contribution in [1.82, 2.24) is 0 Å². The molecule has 0 amide bonds. The maximum atomic E-state index is 14.2. The monoisotopic (exact) mass is 340 g/mol. The van der Waals surface area contributed by atoms with Crippen LogP contribution < -0.4 is 0 Å². The van der Waals surface area contributed by atoms with Crippen molar-refractivity contribution in [3.8, 4) is 0 Å². The zero-order valence-corrected chi connectivity index (χ0v) is 13.9. The second kappa shape index (κ2) is 5.58. The molecule has 2 fully saturated rings. The summed E-state index contributed by atoms with van der Waals surface area (Å²) in [4.78, 5) is 11.5. The van der Waals surface area contributed by atoms with E-state index in [1.165, 1.54) is 18.6 Å². The van der Waals surface area contributed by atoms with Gasteiger partial charge in [-0.15, -0.1) is 0 Å². The van der Waals surface area contributed by atoms with Crippen LogP contribution in [0.1, 0.15) is 44.1 Å². The molecule has 4 nitrogen and oxygen atoms in total. The van der Waals surface area contributed by atoms with Gasteiger partial charge in [0.25, 0.3) is 0 Å². The van der Waals surface area contributed by atoms with E-state index in [9.17, 15) is 22.7 Å². The summed E-state index contributed by atoms with van der Waals surface area (Å²) in [6.07, 6.45) is 6.97. The topological polar surface area (TPSA) is 71.4 Å². The second-order valence-corrected chi connectivity index (χ2v) is 8.89. The molecule has 0 radical (unpaired) electrons. The number of halogens is 1. The van der Waals surface area contributed by atoms with Gasteiger partial charge in [-0.3, -0.25) is 4.79 Å². The van der Waals surface area contributed by atoms with Crippen LogP contribution in [-0.2, 0) is 20.0 Å². The van der Waals surface area contributed by atoms with Crippen molar-refractivity contribution in [1.29, 1.82) is 0 Å². The molecular weight excluding hydrogens is 319 g/mol. The highest BCUT2D eigenvalue weighted by molar-refractivity contribution is 7.90. The van der Waals surface area contributed by atoms with Gasteiger partial charge >= 0.3 is 5.97 Å². The molecule has 0 aliphatic heterocycles. The van der Waals surface area contributed by atoms with Gasteiger partial charge < -0.3 is 5.11 Å². The lowest BCUT2D eigenvalue weighted by Crippen LogP contribution is -2.26. The summed E-state index contributed by atoms with van der Waals surface area (Å²) in [6.45, 7) is 0. The standard InChI is InChI=1S/C17H21FO4S/c1-23(21,22)15-8-7-12(9-14(15)18)17(16(19)20)10-13(17)11-5-3-2-4-6-11/h7-9,11,13H,2-6,10H2,1H3,(H,19,20). The van der Waals surface area contributed by atoms with Gasteiger partial charge in [0.05, 0.1) is 5.41 Å². The van der Waals surface area contributed by atoms with Crippen molar-refractivity contribution in [3.05, 3.63) is 29.6 Å². The zero-order valence-electron chi connectivity index (χ0n) is 13.1. The lowest BCUT2D eigenvalue weighted by molar-refractivity contribution is -0.140. The Bertz CT molecular complexity index is 737. The molecule has 126 valence electrons. The highest BCUT2D eigenvalue weighted by atomic mass is 32.2. The van der Waals surface area contributed by atoms with Crippen LogP contribution in [0.4, 0.5) is 4.39 Å². The third kappa shape index (κ3) is 2.77. The predicted octanol–water partition coefficient (Wildman–Crippen LogP) is 3.15. The fraction of sp³-hybridized carbons (Fsp3) is 0.588. The van der Waals surface area contributed by atoms with Crippen LogP contribution in [-0.4, -0.2) is 25.7 Å². The summed E-state index contributed by atoms with van der Waals surface area (Å²) in [5.41, 5.74) is -0.649. The van der Waals surface area contributed by atoms with E-state index < -0.39 is 27.0 Å². The van der Waals surface area contributed by atoms with E-state index in [0.717, 1.165) is 38.0 Å². The quantitative estimate of drug-likeness (QED) is 0.914. The number of benzene rings is 1. The summed E-state index contributed by atoms with van der Waals surface area (Å²) in [5, 5.41) is 9.74. The molecule has 2 unspecified atom stereocenters. The first-order valence-electron chi connectivity index (χ1n) is 8.00.